The molecule has 1 unspecified atom stereocenters. The van der Waals surface area contributed by atoms with Gasteiger partial charge in [0.15, 0.2) is 5.15 Å². The largest absolute Gasteiger partial charge is 0.443 e. The Morgan fingerprint density at radius 3 is 2.67 bits per heavy atom. The Kier molecular flexibility index (Phi) is 6.89. The predicted molar refractivity (Wildman–Crippen MR) is 108 cm³/mol. The molecule has 2 heterocycles. The summed E-state index contributed by atoms with van der Waals surface area (Å²) in [6.07, 6.45) is 5.87. The van der Waals surface area contributed by atoms with Crippen molar-refractivity contribution in [3.8, 4) is 5.69 Å². The van der Waals surface area contributed by atoms with Gasteiger partial charge >= 0.3 is 6.09 Å². The van der Waals surface area contributed by atoms with Crippen LogP contribution in [0.25, 0.3) is 5.69 Å². The van der Waals surface area contributed by atoms with Gasteiger partial charge in [-0.25, -0.2) is 14.4 Å². The summed E-state index contributed by atoms with van der Waals surface area (Å²) in [5, 5.41) is 4.23. The molecule has 0 aliphatic carbocycles. The predicted octanol–water partition coefficient (Wildman–Crippen LogP) is 4.19. The van der Waals surface area contributed by atoms with Gasteiger partial charge in [-0.1, -0.05) is 18.5 Å². The fraction of sp³-hybridized carbons (Fsp3) is 0.444. The first-order chi connectivity index (χ1) is 12.6. The van der Waals surface area contributed by atoms with E-state index in [1.165, 1.54) is 22.6 Å². The Morgan fingerprint density at radius 2 is 2.11 bits per heavy atom. The molecule has 0 radical (unpaired) electrons. The summed E-state index contributed by atoms with van der Waals surface area (Å²) in [6, 6.07) is 3.54. The molecule has 0 bridgehead atoms. The number of anilines is 1. The van der Waals surface area contributed by atoms with Gasteiger partial charge in [-0.3, -0.25) is 9.78 Å². The van der Waals surface area contributed by atoms with Gasteiger partial charge in [-0.2, -0.15) is 16.9 Å². The molecule has 0 aromatic carbocycles. The number of pyridine rings is 1. The van der Waals surface area contributed by atoms with Crippen molar-refractivity contribution < 1.29 is 14.3 Å². The van der Waals surface area contributed by atoms with E-state index in [-0.39, 0.29) is 10.8 Å². The molecule has 2 rings (SSSR count). The molecule has 9 heteroatoms. The topological polar surface area (TPSA) is 77.3 Å². The number of thioether (sulfide) groups is 1. The van der Waals surface area contributed by atoms with Crippen LogP contribution in [-0.2, 0) is 9.53 Å². The van der Waals surface area contributed by atoms with Crippen molar-refractivity contribution in [1.29, 1.82) is 0 Å². The number of halogens is 1. The Hall–Kier alpha value is -2.06. The number of carbonyl (C=O) groups is 2. The summed E-state index contributed by atoms with van der Waals surface area (Å²) in [4.78, 5) is 30.7. The maximum absolute atomic E-state index is 13.0. The summed E-state index contributed by atoms with van der Waals surface area (Å²) < 4.78 is 6.89. The van der Waals surface area contributed by atoms with Crippen LogP contribution in [0.2, 0.25) is 5.15 Å². The number of carbonyl (C=O) groups excluding carboxylic acids is 2. The van der Waals surface area contributed by atoms with Crippen molar-refractivity contribution in [2.45, 2.75) is 33.3 Å². The Morgan fingerprint density at radius 1 is 1.41 bits per heavy atom. The van der Waals surface area contributed by atoms with Gasteiger partial charge in [0.2, 0.25) is 5.91 Å². The third-order valence-electron chi connectivity index (χ3n) is 3.44. The zero-order valence-electron chi connectivity index (χ0n) is 16.0. The first kappa shape index (κ1) is 21.2. The highest BCUT2D eigenvalue weighted by Crippen LogP contribution is 2.29. The maximum atomic E-state index is 13.0. The molecular weight excluding hydrogens is 388 g/mol. The summed E-state index contributed by atoms with van der Waals surface area (Å²) in [6.45, 7) is 6.97. The molecule has 2 amide bonds. The van der Waals surface area contributed by atoms with Crippen molar-refractivity contribution in [3.05, 3.63) is 35.9 Å². The van der Waals surface area contributed by atoms with Crippen molar-refractivity contribution in [2.75, 3.05) is 16.9 Å². The van der Waals surface area contributed by atoms with Gasteiger partial charge in [0.05, 0.1) is 18.1 Å². The number of hydrogen-bond acceptors (Lipinski definition) is 6. The maximum Gasteiger partial charge on any atom is 0.421 e. The lowest BCUT2D eigenvalue weighted by atomic mass is 10.2. The zero-order valence-corrected chi connectivity index (χ0v) is 17.5. The number of ether oxygens (including phenoxy) is 1. The van der Waals surface area contributed by atoms with E-state index < -0.39 is 23.5 Å². The second-order valence-corrected chi connectivity index (χ2v) is 8.24. The van der Waals surface area contributed by atoms with Gasteiger partial charge < -0.3 is 4.74 Å². The molecular formula is C18H23ClN4O3S. The third-order valence-corrected chi connectivity index (χ3v) is 4.54. The van der Waals surface area contributed by atoms with Gasteiger partial charge in [0.25, 0.3) is 0 Å². The highest BCUT2D eigenvalue weighted by atomic mass is 35.5. The SMILES string of the molecule is CSCC(C)C(=O)N(C(=O)OC(C)(C)C)c1cn(-c2cccnc2)nc1Cl. The normalized spacial score (nSPS) is 12.5. The van der Waals surface area contributed by atoms with E-state index in [0.717, 1.165) is 4.90 Å². The minimum Gasteiger partial charge on any atom is -0.443 e. The average molecular weight is 411 g/mol. The second kappa shape index (κ2) is 8.75. The number of nitrogens with zero attached hydrogens (tertiary/aromatic N) is 4. The van der Waals surface area contributed by atoms with Crippen LogP contribution in [0, 0.1) is 5.92 Å². The van der Waals surface area contributed by atoms with Crippen LogP contribution in [-0.4, -0.2) is 44.4 Å². The summed E-state index contributed by atoms with van der Waals surface area (Å²) >= 11 is 7.79. The molecule has 0 aliphatic heterocycles. The van der Waals surface area contributed by atoms with Gasteiger partial charge in [-0.05, 0) is 39.2 Å². The molecule has 2 aromatic heterocycles. The van der Waals surface area contributed by atoms with Crippen LogP contribution < -0.4 is 4.90 Å². The smallest absolute Gasteiger partial charge is 0.421 e. The van der Waals surface area contributed by atoms with Gasteiger partial charge in [-0.15, -0.1) is 0 Å². The number of hydrogen-bond donors (Lipinski definition) is 0. The quantitative estimate of drug-likeness (QED) is 0.735. The van der Waals surface area contributed by atoms with Gasteiger partial charge in [0, 0.05) is 17.9 Å². The zero-order chi connectivity index (χ0) is 20.2. The molecule has 0 saturated heterocycles. The van der Waals surface area contributed by atoms with Crippen molar-refractivity contribution in [1.82, 2.24) is 14.8 Å². The van der Waals surface area contributed by atoms with Crippen LogP contribution in [0.4, 0.5) is 10.5 Å². The summed E-state index contributed by atoms with van der Waals surface area (Å²) in [5.41, 5.74) is 0.0663. The van der Waals surface area contributed by atoms with Crippen molar-refractivity contribution in [3.63, 3.8) is 0 Å². The minimum absolute atomic E-state index is 0.0226. The van der Waals surface area contributed by atoms with E-state index in [0.29, 0.717) is 11.4 Å². The van der Waals surface area contributed by atoms with Crippen LogP contribution in [0.1, 0.15) is 27.7 Å². The molecule has 0 aliphatic rings. The Bertz CT molecular complexity index is 805. The van der Waals surface area contributed by atoms with E-state index in [1.54, 1.807) is 52.2 Å². The molecule has 0 spiro atoms. The number of amides is 2. The molecule has 7 nitrogen and oxygen atoms in total. The fourth-order valence-corrected chi connectivity index (χ4v) is 3.13. The third kappa shape index (κ3) is 5.46. The van der Waals surface area contributed by atoms with Crippen LogP contribution in [0.5, 0.6) is 0 Å². The van der Waals surface area contributed by atoms with Crippen LogP contribution in [0.3, 0.4) is 0 Å². The summed E-state index contributed by atoms with van der Waals surface area (Å²) in [5.74, 6) is -0.233. The van der Waals surface area contributed by atoms with E-state index in [1.807, 2.05) is 6.26 Å². The van der Waals surface area contributed by atoms with Crippen molar-refractivity contribution in [2.24, 2.45) is 5.92 Å². The lowest BCUT2D eigenvalue weighted by Gasteiger charge is -2.27. The van der Waals surface area contributed by atoms with E-state index in [2.05, 4.69) is 10.1 Å². The average Bonchev–Trinajstić information content (AvgIpc) is 2.96. The first-order valence-electron chi connectivity index (χ1n) is 8.35. The lowest BCUT2D eigenvalue weighted by Crippen LogP contribution is -2.44. The Labute approximate surface area is 168 Å². The lowest BCUT2D eigenvalue weighted by molar-refractivity contribution is -0.121. The monoisotopic (exact) mass is 410 g/mol. The minimum atomic E-state index is -0.784. The van der Waals surface area contributed by atoms with E-state index >= 15 is 0 Å². The molecule has 1 atom stereocenters. The highest BCUT2D eigenvalue weighted by Gasteiger charge is 2.34. The molecule has 27 heavy (non-hydrogen) atoms. The number of imide groups is 1. The van der Waals surface area contributed by atoms with Crippen molar-refractivity contribution >= 4 is 41.1 Å². The van der Waals surface area contributed by atoms with Crippen LogP contribution >= 0.6 is 23.4 Å². The first-order valence-corrected chi connectivity index (χ1v) is 10.1. The van der Waals surface area contributed by atoms with Gasteiger partial charge in [0.1, 0.15) is 11.3 Å². The van der Waals surface area contributed by atoms with Crippen LogP contribution in [0.15, 0.2) is 30.7 Å². The molecule has 0 fully saturated rings. The van der Waals surface area contributed by atoms with E-state index in [4.69, 9.17) is 16.3 Å². The Balaban J connectivity index is 2.45. The van der Waals surface area contributed by atoms with E-state index in [9.17, 15) is 9.59 Å². The molecule has 2 aromatic rings. The number of aromatic nitrogens is 3. The fourth-order valence-electron chi connectivity index (χ4n) is 2.27. The second-order valence-electron chi connectivity index (χ2n) is 6.97. The number of rotatable bonds is 5. The molecule has 0 N–H and O–H groups in total. The standard InChI is InChI=1S/C18H23ClN4O3S/c1-12(11-27-5)16(24)23(17(25)26-18(2,3)4)14-10-22(21-15(14)19)13-7-6-8-20-9-13/h6-10,12H,11H2,1-5H3. The molecule has 0 saturated carbocycles. The highest BCUT2D eigenvalue weighted by molar-refractivity contribution is 7.98. The molecule has 146 valence electrons. The summed E-state index contributed by atoms with van der Waals surface area (Å²) in [7, 11) is 0.